The maximum atomic E-state index is 13.1. The van der Waals surface area contributed by atoms with Gasteiger partial charge < -0.3 is 10.1 Å². The average Bonchev–Trinajstić information content (AvgIpc) is 2.62. The Hall–Kier alpha value is -2.92. The molecule has 0 heterocycles. The van der Waals surface area contributed by atoms with Crippen LogP contribution in [-0.2, 0) is 4.79 Å². The van der Waals surface area contributed by atoms with Gasteiger partial charge in [0.1, 0.15) is 11.6 Å². The maximum absolute atomic E-state index is 13.1. The van der Waals surface area contributed by atoms with Gasteiger partial charge in [0.25, 0.3) is 5.91 Å². The molecular formula is C19H13ClFNO3. The third-order valence-corrected chi connectivity index (χ3v) is 3.90. The number of nitrogens with one attached hydrogen (secondary N) is 1. The number of carbonyl (C=O) groups excluding carboxylic acids is 2. The summed E-state index contributed by atoms with van der Waals surface area (Å²) in [6.07, 6.45) is 0.704. The molecule has 0 saturated carbocycles. The van der Waals surface area contributed by atoms with Crippen molar-refractivity contribution in [3.05, 3.63) is 71.0 Å². The average molecular weight is 358 g/mol. The summed E-state index contributed by atoms with van der Waals surface area (Å²) in [5, 5.41) is 4.12. The molecule has 0 aliphatic rings. The molecule has 3 rings (SSSR count). The van der Waals surface area contributed by atoms with Gasteiger partial charge in [0, 0.05) is 5.69 Å². The van der Waals surface area contributed by atoms with Gasteiger partial charge in [-0.3, -0.25) is 9.59 Å². The molecule has 25 heavy (non-hydrogen) atoms. The highest BCUT2D eigenvalue weighted by Crippen LogP contribution is 2.26. The first-order valence-corrected chi connectivity index (χ1v) is 7.81. The summed E-state index contributed by atoms with van der Waals surface area (Å²) in [4.78, 5) is 23.4. The Morgan fingerprint density at radius 2 is 1.96 bits per heavy atom. The zero-order valence-electron chi connectivity index (χ0n) is 13.0. The van der Waals surface area contributed by atoms with Gasteiger partial charge in [0.05, 0.1) is 10.6 Å². The zero-order valence-corrected chi connectivity index (χ0v) is 13.7. The lowest BCUT2D eigenvalue weighted by atomic mass is 10.0. The molecule has 6 heteroatoms. The van der Waals surface area contributed by atoms with Gasteiger partial charge in [-0.05, 0) is 35.0 Å². The second-order valence-electron chi connectivity index (χ2n) is 5.28. The molecule has 0 aliphatic carbocycles. The van der Waals surface area contributed by atoms with Crippen molar-refractivity contribution in [3.8, 4) is 5.75 Å². The molecule has 0 aliphatic heterocycles. The topological polar surface area (TPSA) is 55.4 Å². The molecule has 0 unspecified atom stereocenters. The van der Waals surface area contributed by atoms with Crippen molar-refractivity contribution in [2.75, 3.05) is 11.9 Å². The van der Waals surface area contributed by atoms with Crippen LogP contribution in [0.3, 0.4) is 0 Å². The van der Waals surface area contributed by atoms with Gasteiger partial charge >= 0.3 is 0 Å². The second-order valence-corrected chi connectivity index (χ2v) is 5.69. The van der Waals surface area contributed by atoms with Crippen LogP contribution in [0.15, 0.2) is 54.6 Å². The number of amides is 1. The van der Waals surface area contributed by atoms with Crippen molar-refractivity contribution < 1.29 is 18.7 Å². The monoisotopic (exact) mass is 357 g/mol. The summed E-state index contributed by atoms with van der Waals surface area (Å²) in [7, 11) is 0. The van der Waals surface area contributed by atoms with Crippen molar-refractivity contribution >= 4 is 40.3 Å². The highest BCUT2D eigenvalue weighted by atomic mass is 35.5. The van der Waals surface area contributed by atoms with Crippen molar-refractivity contribution in [2.45, 2.75) is 0 Å². The summed E-state index contributed by atoms with van der Waals surface area (Å²) >= 11 is 5.67. The molecule has 0 radical (unpaired) electrons. The SMILES string of the molecule is O=Cc1c(OCC(=O)Nc2ccc(F)c(Cl)c2)ccc2ccccc12. The van der Waals surface area contributed by atoms with Crippen LogP contribution in [-0.4, -0.2) is 18.8 Å². The Bertz CT molecular complexity index is 959. The van der Waals surface area contributed by atoms with Gasteiger partial charge in [0.2, 0.25) is 0 Å². The normalized spacial score (nSPS) is 10.5. The van der Waals surface area contributed by atoms with Gasteiger partial charge in [-0.15, -0.1) is 0 Å². The number of hydrogen-bond acceptors (Lipinski definition) is 3. The molecule has 1 amide bonds. The molecule has 0 saturated heterocycles. The van der Waals surface area contributed by atoms with Crippen molar-refractivity contribution in [3.63, 3.8) is 0 Å². The summed E-state index contributed by atoms with van der Waals surface area (Å²) in [6.45, 7) is -0.297. The number of halogens is 2. The lowest BCUT2D eigenvalue weighted by Gasteiger charge is -2.11. The minimum atomic E-state index is -0.567. The number of aldehydes is 1. The molecular weight excluding hydrogens is 345 g/mol. The summed E-state index contributed by atoms with van der Waals surface area (Å²) < 4.78 is 18.6. The third-order valence-electron chi connectivity index (χ3n) is 3.61. The molecule has 0 atom stereocenters. The molecule has 3 aromatic carbocycles. The summed E-state index contributed by atoms with van der Waals surface area (Å²) in [5.74, 6) is -0.698. The van der Waals surface area contributed by atoms with Crippen LogP contribution in [0.4, 0.5) is 10.1 Å². The smallest absolute Gasteiger partial charge is 0.262 e. The summed E-state index contributed by atoms with van der Waals surface area (Å²) in [6, 6.07) is 14.7. The Balaban J connectivity index is 1.72. The first-order chi connectivity index (χ1) is 12.1. The van der Waals surface area contributed by atoms with E-state index in [0.29, 0.717) is 23.3 Å². The van der Waals surface area contributed by atoms with E-state index < -0.39 is 11.7 Å². The molecule has 0 fully saturated rings. The largest absolute Gasteiger partial charge is 0.483 e. The number of fused-ring (bicyclic) bond motifs is 1. The fourth-order valence-electron chi connectivity index (χ4n) is 2.44. The van der Waals surface area contributed by atoms with E-state index in [1.54, 1.807) is 6.07 Å². The van der Waals surface area contributed by atoms with E-state index >= 15 is 0 Å². The van der Waals surface area contributed by atoms with E-state index in [1.165, 1.54) is 12.1 Å². The van der Waals surface area contributed by atoms with Gasteiger partial charge in [-0.25, -0.2) is 4.39 Å². The number of rotatable bonds is 5. The lowest BCUT2D eigenvalue weighted by molar-refractivity contribution is -0.118. The molecule has 0 spiro atoms. The maximum Gasteiger partial charge on any atom is 0.262 e. The number of hydrogen-bond donors (Lipinski definition) is 1. The van der Waals surface area contributed by atoms with Crippen LogP contribution in [0.2, 0.25) is 5.02 Å². The minimum absolute atomic E-state index is 0.0866. The Kier molecular flexibility index (Phi) is 4.95. The van der Waals surface area contributed by atoms with Crippen LogP contribution >= 0.6 is 11.6 Å². The highest BCUT2D eigenvalue weighted by Gasteiger charge is 2.11. The number of ether oxygens (including phenoxy) is 1. The highest BCUT2D eigenvalue weighted by molar-refractivity contribution is 6.31. The summed E-state index contributed by atoms with van der Waals surface area (Å²) in [5.41, 5.74) is 0.741. The lowest BCUT2D eigenvalue weighted by Crippen LogP contribution is -2.20. The molecule has 4 nitrogen and oxygen atoms in total. The fourth-order valence-corrected chi connectivity index (χ4v) is 2.62. The first kappa shape index (κ1) is 16.9. The van der Waals surface area contributed by atoms with Gasteiger partial charge in [0.15, 0.2) is 12.9 Å². The van der Waals surface area contributed by atoms with E-state index in [-0.39, 0.29) is 11.6 Å². The third kappa shape index (κ3) is 3.78. The van der Waals surface area contributed by atoms with E-state index in [4.69, 9.17) is 16.3 Å². The minimum Gasteiger partial charge on any atom is -0.483 e. The number of anilines is 1. The van der Waals surface area contributed by atoms with E-state index in [1.807, 2.05) is 30.3 Å². The molecule has 0 bridgehead atoms. The number of carbonyl (C=O) groups is 2. The van der Waals surface area contributed by atoms with Crippen molar-refractivity contribution in [1.29, 1.82) is 0 Å². The second kappa shape index (κ2) is 7.32. The fraction of sp³-hybridized carbons (Fsp3) is 0.0526. The van der Waals surface area contributed by atoms with Crippen molar-refractivity contribution in [2.24, 2.45) is 0 Å². The van der Waals surface area contributed by atoms with E-state index in [9.17, 15) is 14.0 Å². The molecule has 0 aromatic heterocycles. The Morgan fingerprint density at radius 1 is 1.16 bits per heavy atom. The standard InChI is InChI=1S/C19H13ClFNO3/c20-16-9-13(6-7-17(16)21)22-19(24)11-25-18-8-5-12-3-1-2-4-14(12)15(18)10-23/h1-10H,11H2,(H,22,24). The van der Waals surface area contributed by atoms with Crippen LogP contribution < -0.4 is 10.1 Å². The van der Waals surface area contributed by atoms with Gasteiger partial charge in [-0.1, -0.05) is 41.9 Å². The molecule has 126 valence electrons. The van der Waals surface area contributed by atoms with Gasteiger partial charge in [-0.2, -0.15) is 0 Å². The van der Waals surface area contributed by atoms with Crippen LogP contribution in [0, 0.1) is 5.82 Å². The van der Waals surface area contributed by atoms with Crippen LogP contribution in [0.5, 0.6) is 5.75 Å². The van der Waals surface area contributed by atoms with Crippen LogP contribution in [0.25, 0.3) is 10.8 Å². The van der Waals surface area contributed by atoms with Crippen molar-refractivity contribution in [1.82, 2.24) is 0 Å². The Labute approximate surface area is 148 Å². The van der Waals surface area contributed by atoms with Crippen LogP contribution in [0.1, 0.15) is 10.4 Å². The van der Waals surface area contributed by atoms with E-state index in [0.717, 1.165) is 16.8 Å². The predicted octanol–water partition coefficient (Wildman–Crippen LogP) is 4.46. The first-order valence-electron chi connectivity index (χ1n) is 7.43. The molecule has 1 N–H and O–H groups in total. The predicted molar refractivity (Wildman–Crippen MR) is 94.9 cm³/mol. The zero-order chi connectivity index (χ0) is 17.8. The Morgan fingerprint density at radius 3 is 2.72 bits per heavy atom. The van der Waals surface area contributed by atoms with E-state index in [2.05, 4.69) is 5.32 Å². The number of benzene rings is 3. The quantitative estimate of drug-likeness (QED) is 0.686. The molecule has 3 aromatic rings.